The Kier molecular flexibility index (Phi) is 7.59. The van der Waals surface area contributed by atoms with Gasteiger partial charge in [0.25, 0.3) is 5.91 Å². The molecule has 0 aromatic heterocycles. The molecule has 0 bridgehead atoms. The highest BCUT2D eigenvalue weighted by molar-refractivity contribution is 5.97. The van der Waals surface area contributed by atoms with Crippen LogP contribution in [0, 0.1) is 0 Å². The van der Waals surface area contributed by atoms with Crippen molar-refractivity contribution >= 4 is 17.9 Å². The average Bonchev–Trinajstić information content (AvgIpc) is 2.70. The largest absolute Gasteiger partial charge is 0.489 e. The Bertz CT molecular complexity index is 805. The van der Waals surface area contributed by atoms with E-state index in [0.29, 0.717) is 12.4 Å². The molecule has 2 aromatic rings. The lowest BCUT2D eigenvalue weighted by Gasteiger charge is -2.09. The molecule has 27 heavy (non-hydrogen) atoms. The molecule has 0 saturated heterocycles. The second kappa shape index (κ2) is 10.4. The van der Waals surface area contributed by atoms with E-state index in [1.807, 2.05) is 35.6 Å². The minimum Gasteiger partial charge on any atom is -0.489 e. The van der Waals surface area contributed by atoms with Crippen LogP contribution in [0.5, 0.6) is 5.75 Å². The van der Waals surface area contributed by atoms with Gasteiger partial charge in [-0.2, -0.15) is 0 Å². The molecule has 0 aliphatic heterocycles. The third-order valence-electron chi connectivity index (χ3n) is 3.31. The van der Waals surface area contributed by atoms with Gasteiger partial charge in [-0.3, -0.25) is 10.1 Å². The van der Waals surface area contributed by atoms with Crippen LogP contribution in [-0.4, -0.2) is 31.1 Å². The summed E-state index contributed by atoms with van der Waals surface area (Å²) in [5.74, 6) is -0.926. The lowest BCUT2D eigenvalue weighted by molar-refractivity contribution is -0.123. The highest BCUT2D eigenvalue weighted by atomic mass is 16.5. The first kappa shape index (κ1) is 19.7. The van der Waals surface area contributed by atoms with Crippen LogP contribution in [0.1, 0.15) is 15.9 Å². The monoisotopic (exact) mass is 368 g/mol. The van der Waals surface area contributed by atoms with Gasteiger partial charge in [-0.25, -0.2) is 9.59 Å². The Morgan fingerprint density at radius 2 is 1.81 bits per heavy atom. The molecule has 2 N–H and O–H groups in total. The number of esters is 1. The van der Waals surface area contributed by atoms with E-state index in [1.165, 1.54) is 12.1 Å². The van der Waals surface area contributed by atoms with E-state index in [4.69, 9.17) is 9.47 Å². The smallest absolute Gasteiger partial charge is 0.338 e. The van der Waals surface area contributed by atoms with Crippen LogP contribution in [-0.2, 0) is 16.1 Å². The molecule has 0 atom stereocenters. The molecular weight excluding hydrogens is 348 g/mol. The zero-order valence-electron chi connectivity index (χ0n) is 14.6. The summed E-state index contributed by atoms with van der Waals surface area (Å²) in [4.78, 5) is 35.0. The van der Waals surface area contributed by atoms with Gasteiger partial charge >= 0.3 is 12.0 Å². The van der Waals surface area contributed by atoms with Crippen molar-refractivity contribution in [1.29, 1.82) is 0 Å². The fraction of sp³-hybridized carbons (Fsp3) is 0.150. The average molecular weight is 368 g/mol. The molecular formula is C20H20N2O5. The maximum atomic E-state index is 12.1. The second-order valence-electron chi connectivity index (χ2n) is 5.43. The van der Waals surface area contributed by atoms with Crippen molar-refractivity contribution in [3.05, 3.63) is 78.4 Å². The quantitative estimate of drug-likeness (QED) is 0.551. The number of urea groups is 1. The Morgan fingerprint density at radius 1 is 1.04 bits per heavy atom. The van der Waals surface area contributed by atoms with E-state index >= 15 is 0 Å². The number of carbonyl (C=O) groups excluding carboxylic acids is 3. The summed E-state index contributed by atoms with van der Waals surface area (Å²) in [6.45, 7) is 3.44. The number of rotatable bonds is 8. The van der Waals surface area contributed by atoms with Gasteiger partial charge in [-0.05, 0) is 23.8 Å². The van der Waals surface area contributed by atoms with E-state index in [-0.39, 0.29) is 12.1 Å². The molecule has 0 heterocycles. The van der Waals surface area contributed by atoms with Gasteiger partial charge < -0.3 is 14.8 Å². The number of imide groups is 1. The number of hydrogen-bond donors (Lipinski definition) is 2. The number of carbonyl (C=O) groups is 3. The normalized spacial score (nSPS) is 9.78. The molecule has 2 rings (SSSR count). The highest BCUT2D eigenvalue weighted by Crippen LogP contribution is 2.16. The standard InChI is InChI=1S/C20H20N2O5/c1-2-11-21-20(25)22-18(23)14-27-19(24)16-9-6-10-17(12-16)26-13-15-7-4-3-5-8-15/h2-10,12H,1,11,13-14H2,(H2,21,22,23,25). The van der Waals surface area contributed by atoms with Crippen LogP contribution >= 0.6 is 0 Å². The lowest BCUT2D eigenvalue weighted by atomic mass is 10.2. The van der Waals surface area contributed by atoms with Gasteiger partial charge in [-0.1, -0.05) is 42.5 Å². The summed E-state index contributed by atoms with van der Waals surface area (Å²) in [5.41, 5.74) is 1.24. The fourth-order valence-electron chi connectivity index (χ4n) is 2.04. The molecule has 3 amide bonds. The third-order valence-corrected chi connectivity index (χ3v) is 3.31. The summed E-state index contributed by atoms with van der Waals surface area (Å²) >= 11 is 0. The zero-order valence-corrected chi connectivity index (χ0v) is 14.6. The molecule has 0 fully saturated rings. The molecule has 0 aliphatic carbocycles. The van der Waals surface area contributed by atoms with Crippen molar-refractivity contribution in [3.8, 4) is 5.75 Å². The van der Waals surface area contributed by atoms with Gasteiger partial charge in [0.05, 0.1) is 5.56 Å². The van der Waals surface area contributed by atoms with Gasteiger partial charge in [0.1, 0.15) is 12.4 Å². The van der Waals surface area contributed by atoms with Crippen molar-refractivity contribution in [2.24, 2.45) is 0 Å². The predicted octanol–water partition coefficient (Wildman–Crippen LogP) is 2.43. The minimum atomic E-state index is -0.735. The molecule has 7 nitrogen and oxygen atoms in total. The van der Waals surface area contributed by atoms with E-state index in [1.54, 1.807) is 18.2 Å². The summed E-state index contributed by atoms with van der Waals surface area (Å²) in [6, 6.07) is 15.4. The fourth-order valence-corrected chi connectivity index (χ4v) is 2.04. The first-order chi connectivity index (χ1) is 13.1. The lowest BCUT2D eigenvalue weighted by Crippen LogP contribution is -2.41. The van der Waals surface area contributed by atoms with Gasteiger partial charge in [0.2, 0.25) is 0 Å². The first-order valence-electron chi connectivity index (χ1n) is 8.21. The maximum Gasteiger partial charge on any atom is 0.338 e. The Morgan fingerprint density at radius 3 is 2.56 bits per heavy atom. The van der Waals surface area contributed by atoms with Gasteiger partial charge in [-0.15, -0.1) is 6.58 Å². The molecule has 0 unspecified atom stereocenters. The predicted molar refractivity (Wildman–Crippen MR) is 99.2 cm³/mol. The van der Waals surface area contributed by atoms with Crippen LogP contribution in [0.15, 0.2) is 67.3 Å². The van der Waals surface area contributed by atoms with Crippen LogP contribution in [0.2, 0.25) is 0 Å². The van der Waals surface area contributed by atoms with E-state index in [2.05, 4.69) is 11.9 Å². The topological polar surface area (TPSA) is 93.7 Å². The molecule has 0 radical (unpaired) electrons. The molecule has 2 aromatic carbocycles. The Hall–Kier alpha value is -3.61. The van der Waals surface area contributed by atoms with Crippen molar-refractivity contribution in [3.63, 3.8) is 0 Å². The van der Waals surface area contributed by atoms with E-state index < -0.39 is 24.5 Å². The molecule has 0 spiro atoms. The minimum absolute atomic E-state index is 0.217. The van der Waals surface area contributed by atoms with E-state index in [9.17, 15) is 14.4 Å². The number of amides is 3. The molecule has 140 valence electrons. The number of nitrogens with one attached hydrogen (secondary N) is 2. The van der Waals surface area contributed by atoms with Crippen LogP contribution in [0.25, 0.3) is 0 Å². The summed E-state index contributed by atoms with van der Waals surface area (Å²) in [7, 11) is 0. The number of ether oxygens (including phenoxy) is 2. The third kappa shape index (κ3) is 7.03. The van der Waals surface area contributed by atoms with E-state index in [0.717, 1.165) is 5.56 Å². The van der Waals surface area contributed by atoms with Crippen LogP contribution < -0.4 is 15.4 Å². The Balaban J connectivity index is 1.83. The first-order valence-corrected chi connectivity index (χ1v) is 8.21. The summed E-state index contributed by atoms with van der Waals surface area (Å²) in [5, 5.41) is 4.40. The SMILES string of the molecule is C=CCNC(=O)NC(=O)COC(=O)c1cccc(OCc2ccccc2)c1. The zero-order chi connectivity index (χ0) is 19.5. The molecule has 7 heteroatoms. The Labute approximate surface area is 157 Å². The van der Waals surface area contributed by atoms with Crippen molar-refractivity contribution in [2.45, 2.75) is 6.61 Å². The highest BCUT2D eigenvalue weighted by Gasteiger charge is 2.13. The van der Waals surface area contributed by atoms with Crippen molar-refractivity contribution in [2.75, 3.05) is 13.2 Å². The summed E-state index contributed by atoms with van der Waals surface area (Å²) < 4.78 is 10.6. The second-order valence-corrected chi connectivity index (χ2v) is 5.43. The number of hydrogen-bond acceptors (Lipinski definition) is 5. The maximum absolute atomic E-state index is 12.1. The van der Waals surface area contributed by atoms with Crippen molar-refractivity contribution in [1.82, 2.24) is 10.6 Å². The molecule has 0 saturated carbocycles. The van der Waals surface area contributed by atoms with Crippen LogP contribution in [0.3, 0.4) is 0 Å². The summed E-state index contributed by atoms with van der Waals surface area (Å²) in [6.07, 6.45) is 1.47. The van der Waals surface area contributed by atoms with Gasteiger partial charge in [0, 0.05) is 6.54 Å². The van der Waals surface area contributed by atoms with Gasteiger partial charge in [0.15, 0.2) is 6.61 Å². The number of benzene rings is 2. The van der Waals surface area contributed by atoms with Crippen molar-refractivity contribution < 1.29 is 23.9 Å². The van der Waals surface area contributed by atoms with Crippen LogP contribution in [0.4, 0.5) is 4.79 Å². The molecule has 0 aliphatic rings.